The number of aliphatic hydroxyl groups is 1. The van der Waals surface area contributed by atoms with E-state index in [1.54, 1.807) is 9.80 Å². The van der Waals surface area contributed by atoms with Gasteiger partial charge in [0.05, 0.1) is 36.8 Å². The van der Waals surface area contributed by atoms with Crippen LogP contribution in [-0.2, 0) is 4.79 Å². The molecule has 0 spiro atoms. The number of hydrogen-bond donors (Lipinski definition) is 3. The molecule has 0 bridgehead atoms. The van der Waals surface area contributed by atoms with Crippen molar-refractivity contribution in [3.8, 4) is 17.0 Å². The predicted octanol–water partition coefficient (Wildman–Crippen LogP) is 2.88. The van der Waals surface area contributed by atoms with E-state index in [4.69, 9.17) is 4.74 Å². The van der Waals surface area contributed by atoms with Crippen molar-refractivity contribution in [3.63, 3.8) is 0 Å². The van der Waals surface area contributed by atoms with Crippen LogP contribution in [0.25, 0.3) is 16.9 Å². The van der Waals surface area contributed by atoms with Crippen LogP contribution in [0.4, 0.5) is 24.7 Å². The molecule has 4 aromatic rings. The van der Waals surface area contributed by atoms with Crippen LogP contribution in [0.5, 0.6) is 5.75 Å². The van der Waals surface area contributed by atoms with E-state index in [2.05, 4.69) is 20.6 Å². The molecule has 2 aliphatic heterocycles. The summed E-state index contributed by atoms with van der Waals surface area (Å²) in [4.78, 5) is 37.9. The molecule has 2 aliphatic rings. The molecule has 0 aliphatic carbocycles. The number of methoxy groups -OCH3 is 1. The minimum absolute atomic E-state index is 0.0444. The molecule has 4 heterocycles. The second kappa shape index (κ2) is 11.8. The normalized spacial score (nSPS) is 18.6. The molecule has 230 valence electrons. The van der Waals surface area contributed by atoms with Gasteiger partial charge in [0, 0.05) is 56.2 Å². The molecule has 2 atom stereocenters. The Morgan fingerprint density at radius 1 is 1.02 bits per heavy atom. The van der Waals surface area contributed by atoms with Gasteiger partial charge in [0.25, 0.3) is 5.91 Å². The van der Waals surface area contributed by atoms with Crippen molar-refractivity contribution in [1.82, 2.24) is 29.5 Å². The van der Waals surface area contributed by atoms with Crippen molar-refractivity contribution in [2.45, 2.75) is 25.5 Å². The molecule has 0 saturated carbocycles. The van der Waals surface area contributed by atoms with Crippen LogP contribution in [-0.4, -0.2) is 93.1 Å². The average Bonchev–Trinajstić information content (AvgIpc) is 3.67. The summed E-state index contributed by atoms with van der Waals surface area (Å²) in [6, 6.07) is 5.22. The van der Waals surface area contributed by atoms with Crippen molar-refractivity contribution in [3.05, 3.63) is 71.4 Å². The number of carbonyl (C=O) groups excluding carboxylic acids is 2. The number of benzene rings is 2. The van der Waals surface area contributed by atoms with Crippen molar-refractivity contribution in [1.29, 1.82) is 0 Å². The lowest BCUT2D eigenvalue weighted by Gasteiger charge is -2.36. The van der Waals surface area contributed by atoms with Crippen LogP contribution in [0.3, 0.4) is 0 Å². The van der Waals surface area contributed by atoms with E-state index in [1.165, 1.54) is 61.3 Å². The van der Waals surface area contributed by atoms with Crippen molar-refractivity contribution in [2.75, 3.05) is 45.2 Å². The maximum Gasteiger partial charge on any atom is 0.254 e. The quantitative estimate of drug-likeness (QED) is 0.305. The lowest BCUT2D eigenvalue weighted by Crippen LogP contribution is -2.54. The number of ether oxygens (including phenoxy) is 1. The second-order valence-corrected chi connectivity index (χ2v) is 10.7. The molecule has 0 unspecified atom stereocenters. The van der Waals surface area contributed by atoms with Gasteiger partial charge < -0.3 is 30.3 Å². The van der Waals surface area contributed by atoms with Gasteiger partial charge in [-0.25, -0.2) is 18.7 Å². The number of piperazine rings is 1. The standard InChI is InChI=1S/C30H30F3N7O4/c1-16-18(29(42)38-9-11-39(12-10-38)30(43)21-13-17(41)14-35-21)3-5-20(24(16)31)37-27-28-36-15-22(40(28)8-7-34-27)19-4-6-23(44-2)26(33)25(19)32/h3-8,15,17,21,35,41H,9-14H2,1-2H3,(H,34,37)/t17-,21+/m1/s1. The lowest BCUT2D eigenvalue weighted by atomic mass is 10.0. The fraction of sp³-hybridized carbons (Fsp3) is 0.333. The average molecular weight is 610 g/mol. The van der Waals surface area contributed by atoms with E-state index in [-0.39, 0.29) is 57.1 Å². The Morgan fingerprint density at radius 3 is 2.48 bits per heavy atom. The number of nitrogens with zero attached hydrogens (tertiary/aromatic N) is 5. The Hall–Kier alpha value is -4.69. The highest BCUT2D eigenvalue weighted by molar-refractivity contribution is 5.96. The van der Waals surface area contributed by atoms with Gasteiger partial charge in [-0.05, 0) is 43.2 Å². The first-order valence-electron chi connectivity index (χ1n) is 14.1. The van der Waals surface area contributed by atoms with E-state index < -0.39 is 29.6 Å². The summed E-state index contributed by atoms with van der Waals surface area (Å²) in [6.45, 7) is 3.17. The molecular weight excluding hydrogens is 579 g/mol. The van der Waals surface area contributed by atoms with E-state index in [1.807, 2.05) is 0 Å². The van der Waals surface area contributed by atoms with Gasteiger partial charge in [-0.15, -0.1) is 0 Å². The first-order chi connectivity index (χ1) is 21.2. The topological polar surface area (TPSA) is 124 Å². The zero-order chi connectivity index (χ0) is 31.1. The first kappa shape index (κ1) is 29.4. The molecule has 2 fully saturated rings. The largest absolute Gasteiger partial charge is 0.494 e. The predicted molar refractivity (Wildman–Crippen MR) is 154 cm³/mol. The minimum atomic E-state index is -1.13. The summed E-state index contributed by atoms with van der Waals surface area (Å²) in [5.74, 6) is -3.39. The summed E-state index contributed by atoms with van der Waals surface area (Å²) in [7, 11) is 1.24. The summed E-state index contributed by atoms with van der Waals surface area (Å²) in [5, 5.41) is 15.6. The first-order valence-corrected chi connectivity index (χ1v) is 14.1. The molecule has 2 aromatic carbocycles. The number of β-amino-alcohol motifs (C(OH)–C–C–N with tert-alkyl or cyclic N) is 1. The number of rotatable bonds is 6. The van der Waals surface area contributed by atoms with Crippen LogP contribution >= 0.6 is 0 Å². The number of hydrogen-bond acceptors (Lipinski definition) is 8. The van der Waals surface area contributed by atoms with E-state index in [0.717, 1.165) is 0 Å². The fourth-order valence-electron chi connectivity index (χ4n) is 5.66. The van der Waals surface area contributed by atoms with Gasteiger partial charge in [0.2, 0.25) is 11.7 Å². The Balaban J connectivity index is 1.18. The van der Waals surface area contributed by atoms with Crippen molar-refractivity contribution < 1.29 is 32.6 Å². The lowest BCUT2D eigenvalue weighted by molar-refractivity contribution is -0.134. The number of carbonyl (C=O) groups is 2. The molecule has 6 rings (SSSR count). The van der Waals surface area contributed by atoms with Crippen molar-refractivity contribution >= 4 is 29.0 Å². The van der Waals surface area contributed by atoms with E-state index in [0.29, 0.717) is 39.1 Å². The van der Waals surface area contributed by atoms with Crippen LogP contribution < -0.4 is 15.4 Å². The van der Waals surface area contributed by atoms with Crippen LogP contribution in [0.2, 0.25) is 0 Å². The third-order valence-electron chi connectivity index (χ3n) is 8.12. The number of anilines is 2. The van der Waals surface area contributed by atoms with E-state index in [9.17, 15) is 23.5 Å². The van der Waals surface area contributed by atoms with Gasteiger partial charge in [0.15, 0.2) is 23.0 Å². The van der Waals surface area contributed by atoms with Crippen LogP contribution in [0.1, 0.15) is 22.3 Å². The van der Waals surface area contributed by atoms with E-state index >= 15 is 4.39 Å². The number of aromatic nitrogens is 3. The molecular formula is C30H30F3N7O4. The SMILES string of the molecule is COc1ccc(-c2cnc3c(Nc4ccc(C(=O)N5CCN(C(=O)[C@@H]6C[C@@H](O)CN6)CC5)c(C)c4F)nccn23)c(F)c1F. The van der Waals surface area contributed by atoms with Gasteiger partial charge in [-0.1, -0.05) is 0 Å². The Labute approximate surface area is 250 Å². The summed E-state index contributed by atoms with van der Waals surface area (Å²) in [5.41, 5.74) is 0.824. The summed E-state index contributed by atoms with van der Waals surface area (Å²) in [6.07, 6.45) is 4.11. The third-order valence-corrected chi connectivity index (χ3v) is 8.12. The summed E-state index contributed by atoms with van der Waals surface area (Å²) < 4.78 is 51.2. The zero-order valence-electron chi connectivity index (χ0n) is 24.0. The smallest absolute Gasteiger partial charge is 0.254 e. The van der Waals surface area contributed by atoms with Gasteiger partial charge >= 0.3 is 0 Å². The molecule has 2 aromatic heterocycles. The molecule has 0 radical (unpaired) electrons. The summed E-state index contributed by atoms with van der Waals surface area (Å²) >= 11 is 0. The monoisotopic (exact) mass is 609 g/mol. The Bertz CT molecular complexity index is 1760. The minimum Gasteiger partial charge on any atom is -0.494 e. The Kier molecular flexibility index (Phi) is 7.86. The fourth-order valence-corrected chi connectivity index (χ4v) is 5.66. The number of halogens is 3. The highest BCUT2D eigenvalue weighted by Crippen LogP contribution is 2.32. The third kappa shape index (κ3) is 5.19. The molecule has 2 saturated heterocycles. The highest BCUT2D eigenvalue weighted by atomic mass is 19.2. The number of aliphatic hydroxyl groups excluding tert-OH is 1. The Morgan fingerprint density at radius 2 is 1.77 bits per heavy atom. The maximum atomic E-state index is 15.6. The van der Waals surface area contributed by atoms with Crippen LogP contribution in [0, 0.1) is 24.4 Å². The van der Waals surface area contributed by atoms with Gasteiger partial charge in [0.1, 0.15) is 5.82 Å². The molecule has 11 nitrogen and oxygen atoms in total. The number of imidazole rings is 1. The number of nitrogens with one attached hydrogen (secondary N) is 2. The van der Waals surface area contributed by atoms with Crippen LogP contribution in [0.15, 0.2) is 42.9 Å². The zero-order valence-corrected chi connectivity index (χ0v) is 24.0. The maximum absolute atomic E-state index is 15.6. The molecule has 3 N–H and O–H groups in total. The molecule has 44 heavy (non-hydrogen) atoms. The van der Waals surface area contributed by atoms with Gasteiger partial charge in [-0.3, -0.25) is 14.0 Å². The second-order valence-electron chi connectivity index (χ2n) is 10.7. The van der Waals surface area contributed by atoms with Gasteiger partial charge in [-0.2, -0.15) is 4.39 Å². The van der Waals surface area contributed by atoms with Crippen molar-refractivity contribution in [2.24, 2.45) is 0 Å². The molecule has 14 heteroatoms. The molecule has 2 amide bonds. The number of amides is 2. The highest BCUT2D eigenvalue weighted by Gasteiger charge is 2.34. The number of fused-ring (bicyclic) bond motifs is 1.